The SMILES string of the molecule is CC(C)O.O=C(O)CC(O)(CC(=O)O)C(=O)O.O=P(O)(O)O. The summed E-state index contributed by atoms with van der Waals surface area (Å²) in [5.41, 5.74) is -2.74. The van der Waals surface area contributed by atoms with Crippen LogP contribution in [0.4, 0.5) is 0 Å². The molecule has 0 aromatic rings. The summed E-state index contributed by atoms with van der Waals surface area (Å²) in [6.45, 7) is 3.44. The third kappa shape index (κ3) is 26.9. The lowest BCUT2D eigenvalue weighted by molar-refractivity contribution is -0.170. The number of rotatable bonds is 5. The Morgan fingerprint density at radius 2 is 1.14 bits per heavy atom. The highest BCUT2D eigenvalue weighted by Crippen LogP contribution is 2.25. The first-order chi connectivity index (χ1) is 9.51. The van der Waals surface area contributed by atoms with Crippen LogP contribution in [0.2, 0.25) is 0 Å². The lowest BCUT2D eigenvalue weighted by Crippen LogP contribution is -2.42. The maximum atomic E-state index is 10.3. The molecule has 0 fully saturated rings. The quantitative estimate of drug-likeness (QED) is 0.257. The first kappa shape index (κ1) is 25.4. The van der Waals surface area contributed by atoms with Gasteiger partial charge in [0, 0.05) is 6.10 Å². The van der Waals surface area contributed by atoms with E-state index >= 15 is 0 Å². The second-order valence-corrected chi connectivity index (χ2v) is 5.11. The van der Waals surface area contributed by atoms with Crippen molar-refractivity contribution in [3.05, 3.63) is 0 Å². The summed E-state index contributed by atoms with van der Waals surface area (Å²) in [4.78, 5) is 52.0. The Balaban J connectivity index is -0.000000330. The van der Waals surface area contributed by atoms with Crippen molar-refractivity contribution in [1.29, 1.82) is 0 Å². The molecule has 0 aromatic carbocycles. The average molecular weight is 350 g/mol. The molecule has 0 radical (unpaired) electrons. The van der Waals surface area contributed by atoms with E-state index in [1.54, 1.807) is 13.8 Å². The maximum Gasteiger partial charge on any atom is 0.466 e. The minimum absolute atomic E-state index is 0.167. The van der Waals surface area contributed by atoms with Crippen LogP contribution in [-0.2, 0) is 18.9 Å². The van der Waals surface area contributed by atoms with Gasteiger partial charge in [0.05, 0.1) is 12.8 Å². The molecule has 0 atom stereocenters. The highest BCUT2D eigenvalue weighted by Gasteiger charge is 2.40. The van der Waals surface area contributed by atoms with Crippen LogP contribution in [0.25, 0.3) is 0 Å². The summed E-state index contributed by atoms with van der Waals surface area (Å²) < 4.78 is 8.88. The van der Waals surface area contributed by atoms with E-state index < -0.39 is 44.2 Å². The lowest BCUT2D eigenvalue weighted by Gasteiger charge is -2.18. The second-order valence-electron chi connectivity index (χ2n) is 4.08. The van der Waals surface area contributed by atoms with Gasteiger partial charge in [-0.3, -0.25) is 9.59 Å². The van der Waals surface area contributed by atoms with E-state index in [4.69, 9.17) is 44.8 Å². The molecule has 13 heteroatoms. The van der Waals surface area contributed by atoms with Crippen LogP contribution in [0, 0.1) is 0 Å². The minimum Gasteiger partial charge on any atom is -0.481 e. The fraction of sp³-hybridized carbons (Fsp3) is 0.667. The van der Waals surface area contributed by atoms with Crippen LogP contribution in [0.5, 0.6) is 0 Å². The molecule has 8 N–H and O–H groups in total. The van der Waals surface area contributed by atoms with Gasteiger partial charge < -0.3 is 40.2 Å². The molecule has 0 bridgehead atoms. The van der Waals surface area contributed by atoms with E-state index in [0.29, 0.717) is 0 Å². The number of carbonyl (C=O) groups is 3. The van der Waals surface area contributed by atoms with E-state index in [0.717, 1.165) is 0 Å². The molecule has 0 saturated heterocycles. The highest BCUT2D eigenvalue weighted by molar-refractivity contribution is 7.45. The summed E-state index contributed by atoms with van der Waals surface area (Å²) in [5.74, 6) is -5.02. The zero-order valence-corrected chi connectivity index (χ0v) is 12.5. The predicted octanol–water partition coefficient (Wildman–Crippen LogP) is -1.79. The number of aliphatic hydroxyl groups is 2. The van der Waals surface area contributed by atoms with Gasteiger partial charge >= 0.3 is 25.7 Å². The van der Waals surface area contributed by atoms with E-state index in [1.165, 1.54) is 0 Å². The van der Waals surface area contributed by atoms with Crippen molar-refractivity contribution in [2.75, 3.05) is 0 Å². The number of hydrogen-bond donors (Lipinski definition) is 8. The van der Waals surface area contributed by atoms with Gasteiger partial charge in [-0.1, -0.05) is 0 Å². The fourth-order valence-electron chi connectivity index (χ4n) is 0.714. The molecule has 0 heterocycles. The molecule has 0 spiro atoms. The van der Waals surface area contributed by atoms with Crippen molar-refractivity contribution in [1.82, 2.24) is 0 Å². The zero-order chi connectivity index (χ0) is 18.7. The van der Waals surface area contributed by atoms with Crippen molar-refractivity contribution in [2.24, 2.45) is 0 Å². The normalized spacial score (nSPS) is 10.7. The first-order valence-electron chi connectivity index (χ1n) is 5.37. The lowest BCUT2D eigenvalue weighted by atomic mass is 9.96. The van der Waals surface area contributed by atoms with Crippen LogP contribution in [0.15, 0.2) is 0 Å². The van der Waals surface area contributed by atoms with Gasteiger partial charge in [0.2, 0.25) is 0 Å². The van der Waals surface area contributed by atoms with Gasteiger partial charge in [-0.2, -0.15) is 0 Å². The van der Waals surface area contributed by atoms with Crippen LogP contribution < -0.4 is 0 Å². The van der Waals surface area contributed by atoms with E-state index in [1.807, 2.05) is 0 Å². The number of phosphoric acid groups is 1. The predicted molar refractivity (Wildman–Crippen MR) is 68.7 cm³/mol. The Morgan fingerprint density at radius 1 is 0.955 bits per heavy atom. The van der Waals surface area contributed by atoms with Crippen molar-refractivity contribution in [3.63, 3.8) is 0 Å². The number of carboxylic acids is 3. The molecule has 132 valence electrons. The molecule has 12 nitrogen and oxygen atoms in total. The molecular weight excluding hydrogens is 331 g/mol. The molecule has 22 heavy (non-hydrogen) atoms. The second kappa shape index (κ2) is 11.1. The summed E-state index contributed by atoms with van der Waals surface area (Å²) >= 11 is 0. The molecule has 0 rings (SSSR count). The van der Waals surface area contributed by atoms with Crippen molar-refractivity contribution >= 4 is 25.7 Å². The third-order valence-electron chi connectivity index (χ3n) is 1.29. The van der Waals surface area contributed by atoms with Crippen LogP contribution in [0.3, 0.4) is 0 Å². The highest BCUT2D eigenvalue weighted by atomic mass is 31.2. The number of aliphatic carboxylic acids is 3. The molecule has 0 aliphatic rings. The summed E-state index contributed by atoms with van der Waals surface area (Å²) in [5, 5.41) is 41.9. The number of aliphatic hydroxyl groups excluding tert-OH is 1. The Morgan fingerprint density at radius 3 is 1.23 bits per heavy atom. The molecule has 0 unspecified atom stereocenters. The largest absolute Gasteiger partial charge is 0.481 e. The van der Waals surface area contributed by atoms with Gasteiger partial charge in [0.1, 0.15) is 0 Å². The third-order valence-corrected chi connectivity index (χ3v) is 1.29. The zero-order valence-electron chi connectivity index (χ0n) is 11.6. The van der Waals surface area contributed by atoms with Gasteiger partial charge in [-0.05, 0) is 13.8 Å². The Hall–Kier alpha value is -1.56. The smallest absolute Gasteiger partial charge is 0.466 e. The summed E-state index contributed by atoms with van der Waals surface area (Å²) in [6.07, 6.45) is -2.46. The van der Waals surface area contributed by atoms with Crippen molar-refractivity contribution in [3.8, 4) is 0 Å². The van der Waals surface area contributed by atoms with Crippen molar-refractivity contribution in [2.45, 2.75) is 38.4 Å². The fourth-order valence-corrected chi connectivity index (χ4v) is 0.714. The molecule has 0 aliphatic heterocycles. The Labute approximate surface area is 124 Å². The molecule has 0 aromatic heterocycles. The van der Waals surface area contributed by atoms with Gasteiger partial charge in [0.25, 0.3) is 0 Å². The standard InChI is InChI=1S/C6H8O7.C3H8O.H3O4P/c7-3(8)1-6(13,5(11)12)2-4(9)10;1-3(2)4;1-5(2,3)4/h13H,1-2H2,(H,7,8)(H,9,10)(H,11,12);3-4H,1-2H3;(H3,1,2,3,4). The molecule has 0 aliphatic carbocycles. The monoisotopic (exact) mass is 350 g/mol. The summed E-state index contributed by atoms with van der Waals surface area (Å²) in [7, 11) is -4.64. The number of carboxylic acid groups (broad SMARTS) is 3. The topological polar surface area (TPSA) is 230 Å². The van der Waals surface area contributed by atoms with E-state index in [-0.39, 0.29) is 6.10 Å². The first-order valence-corrected chi connectivity index (χ1v) is 6.93. The molecule has 0 saturated carbocycles. The van der Waals surface area contributed by atoms with E-state index in [2.05, 4.69) is 0 Å². The summed E-state index contributed by atoms with van der Waals surface area (Å²) in [6, 6.07) is 0. The van der Waals surface area contributed by atoms with Gasteiger partial charge in [-0.25, -0.2) is 9.36 Å². The Kier molecular flexibility index (Phi) is 12.8. The van der Waals surface area contributed by atoms with E-state index in [9.17, 15) is 14.4 Å². The maximum absolute atomic E-state index is 10.3. The number of hydrogen-bond acceptors (Lipinski definition) is 6. The van der Waals surface area contributed by atoms with Crippen molar-refractivity contribution < 1.29 is 59.2 Å². The molecular formula is C9H19O12P. The van der Waals surface area contributed by atoms with Gasteiger partial charge in [-0.15, -0.1) is 0 Å². The van der Waals surface area contributed by atoms with Gasteiger partial charge in [0.15, 0.2) is 5.60 Å². The van der Waals surface area contributed by atoms with Crippen LogP contribution in [0.1, 0.15) is 26.7 Å². The van der Waals surface area contributed by atoms with Crippen LogP contribution in [-0.4, -0.2) is 69.8 Å². The van der Waals surface area contributed by atoms with Crippen LogP contribution >= 0.6 is 7.82 Å². The minimum atomic E-state index is -4.64. The Bertz CT molecular complexity index is 384. The molecule has 0 amide bonds. The average Bonchev–Trinajstić information content (AvgIpc) is 2.09.